The van der Waals surface area contributed by atoms with Crippen LogP contribution in [-0.2, 0) is 27.2 Å². The average molecular weight is 317 g/mol. The van der Waals surface area contributed by atoms with Gasteiger partial charge in [-0.05, 0) is 20.8 Å². The molecule has 0 bridgehead atoms. The van der Waals surface area contributed by atoms with Crippen LogP contribution in [0.15, 0.2) is 17.4 Å². The number of guanidine groups is 1. The van der Waals surface area contributed by atoms with Gasteiger partial charge in [0, 0.05) is 57.3 Å². The van der Waals surface area contributed by atoms with E-state index in [4.69, 9.17) is 4.99 Å². The predicted octanol–water partition coefficient (Wildman–Crippen LogP) is 1.37. The lowest BCUT2D eigenvalue weighted by Crippen LogP contribution is -2.38. The number of hydrogen-bond donors (Lipinski definition) is 1. The Balaban J connectivity index is 2.12. The standard InChI is InChI=1S/C16H27N7/c1-7-17-16(21(4)10-14-8-19-22(5)11-14)18-9-15-12(2)20-23(6)13(15)3/h8,11H,7,9-10H2,1-6H3,(H,17,18). The topological polar surface area (TPSA) is 63.3 Å². The van der Waals surface area contributed by atoms with Crippen molar-refractivity contribution in [3.05, 3.63) is 34.9 Å². The van der Waals surface area contributed by atoms with E-state index in [1.165, 1.54) is 5.56 Å². The van der Waals surface area contributed by atoms with Crippen LogP contribution < -0.4 is 5.32 Å². The van der Waals surface area contributed by atoms with Crippen LogP contribution in [0.4, 0.5) is 0 Å². The minimum absolute atomic E-state index is 0.630. The highest BCUT2D eigenvalue weighted by molar-refractivity contribution is 5.79. The van der Waals surface area contributed by atoms with E-state index in [0.29, 0.717) is 6.54 Å². The quantitative estimate of drug-likeness (QED) is 0.668. The normalized spacial score (nSPS) is 11.8. The van der Waals surface area contributed by atoms with Crippen molar-refractivity contribution >= 4 is 5.96 Å². The van der Waals surface area contributed by atoms with Crippen molar-refractivity contribution in [1.29, 1.82) is 0 Å². The predicted molar refractivity (Wildman–Crippen MR) is 92.2 cm³/mol. The first-order chi connectivity index (χ1) is 10.9. The largest absolute Gasteiger partial charge is 0.357 e. The molecule has 2 aromatic heterocycles. The summed E-state index contributed by atoms with van der Waals surface area (Å²) in [7, 11) is 5.93. The molecule has 0 fully saturated rings. The number of aliphatic imine (C=N–C) groups is 1. The molecule has 0 spiro atoms. The highest BCUT2D eigenvalue weighted by Gasteiger charge is 2.11. The summed E-state index contributed by atoms with van der Waals surface area (Å²) in [5.74, 6) is 0.888. The van der Waals surface area contributed by atoms with Crippen molar-refractivity contribution in [2.45, 2.75) is 33.9 Å². The lowest BCUT2D eigenvalue weighted by molar-refractivity contribution is 0.476. The third-order valence-corrected chi connectivity index (χ3v) is 3.92. The van der Waals surface area contributed by atoms with Crippen LogP contribution in [0.5, 0.6) is 0 Å². The van der Waals surface area contributed by atoms with Gasteiger partial charge in [0.1, 0.15) is 0 Å². The van der Waals surface area contributed by atoms with Gasteiger partial charge >= 0.3 is 0 Å². The Bertz CT molecular complexity index is 681. The molecule has 0 aromatic carbocycles. The summed E-state index contributed by atoms with van der Waals surface area (Å²) in [4.78, 5) is 6.89. The lowest BCUT2D eigenvalue weighted by Gasteiger charge is -2.21. The molecule has 7 nitrogen and oxygen atoms in total. The smallest absolute Gasteiger partial charge is 0.194 e. The highest BCUT2D eigenvalue weighted by Crippen LogP contribution is 2.13. The summed E-state index contributed by atoms with van der Waals surface area (Å²) in [6.45, 7) is 8.42. The molecule has 23 heavy (non-hydrogen) atoms. The zero-order valence-corrected chi connectivity index (χ0v) is 15.0. The average Bonchev–Trinajstić information content (AvgIpc) is 3.00. The first kappa shape index (κ1) is 17.1. The Kier molecular flexibility index (Phi) is 5.41. The number of rotatable bonds is 5. The van der Waals surface area contributed by atoms with E-state index in [1.807, 2.05) is 49.8 Å². The molecule has 2 aromatic rings. The van der Waals surface area contributed by atoms with Crippen molar-refractivity contribution in [3.63, 3.8) is 0 Å². The molecule has 0 aliphatic carbocycles. The summed E-state index contributed by atoms with van der Waals surface area (Å²) in [5.41, 5.74) is 4.56. The van der Waals surface area contributed by atoms with Crippen LogP contribution in [0.1, 0.15) is 29.4 Å². The molecule has 126 valence electrons. The molecule has 0 saturated heterocycles. The molecule has 0 aliphatic heterocycles. The van der Waals surface area contributed by atoms with Gasteiger partial charge in [-0.3, -0.25) is 9.36 Å². The molecule has 2 rings (SSSR count). The summed E-state index contributed by atoms with van der Waals surface area (Å²) in [6.07, 6.45) is 3.91. The van der Waals surface area contributed by atoms with Crippen LogP contribution in [0.2, 0.25) is 0 Å². The summed E-state index contributed by atoms with van der Waals surface area (Å²) in [5, 5.41) is 12.0. The molecule has 7 heteroatoms. The molecule has 0 unspecified atom stereocenters. The fraction of sp³-hybridized carbons (Fsp3) is 0.562. The van der Waals surface area contributed by atoms with Gasteiger partial charge in [0.05, 0.1) is 18.4 Å². The van der Waals surface area contributed by atoms with Gasteiger partial charge in [-0.25, -0.2) is 4.99 Å². The number of aryl methyl sites for hydroxylation is 3. The second-order valence-electron chi connectivity index (χ2n) is 5.82. The van der Waals surface area contributed by atoms with Crippen LogP contribution in [0.25, 0.3) is 0 Å². The van der Waals surface area contributed by atoms with E-state index in [9.17, 15) is 0 Å². The van der Waals surface area contributed by atoms with Crippen molar-refractivity contribution in [1.82, 2.24) is 29.8 Å². The van der Waals surface area contributed by atoms with Crippen molar-refractivity contribution < 1.29 is 0 Å². The molecular formula is C16H27N7. The van der Waals surface area contributed by atoms with Crippen molar-refractivity contribution in [2.75, 3.05) is 13.6 Å². The molecular weight excluding hydrogens is 290 g/mol. The molecule has 0 amide bonds. The Morgan fingerprint density at radius 3 is 2.61 bits per heavy atom. The Labute approximate surface area is 138 Å². The number of aromatic nitrogens is 4. The van der Waals surface area contributed by atoms with E-state index in [-0.39, 0.29) is 0 Å². The Morgan fingerprint density at radius 2 is 2.09 bits per heavy atom. The maximum absolute atomic E-state index is 4.77. The van der Waals surface area contributed by atoms with Crippen LogP contribution in [-0.4, -0.2) is 44.0 Å². The van der Waals surface area contributed by atoms with Crippen LogP contribution in [0, 0.1) is 13.8 Å². The van der Waals surface area contributed by atoms with E-state index in [1.54, 1.807) is 0 Å². The Morgan fingerprint density at radius 1 is 1.35 bits per heavy atom. The van der Waals surface area contributed by atoms with Gasteiger partial charge in [-0.1, -0.05) is 0 Å². The van der Waals surface area contributed by atoms with E-state index in [2.05, 4.69) is 34.3 Å². The van der Waals surface area contributed by atoms with Gasteiger partial charge in [0.25, 0.3) is 0 Å². The molecule has 2 heterocycles. The number of nitrogens with zero attached hydrogens (tertiary/aromatic N) is 6. The molecule has 1 N–H and O–H groups in total. The minimum atomic E-state index is 0.630. The molecule has 0 saturated carbocycles. The number of hydrogen-bond acceptors (Lipinski definition) is 3. The SMILES string of the molecule is CCNC(=NCc1c(C)nn(C)c1C)N(C)Cc1cnn(C)c1. The lowest BCUT2D eigenvalue weighted by atomic mass is 10.2. The second-order valence-corrected chi connectivity index (χ2v) is 5.82. The monoisotopic (exact) mass is 317 g/mol. The first-order valence-electron chi connectivity index (χ1n) is 7.88. The fourth-order valence-electron chi connectivity index (χ4n) is 2.57. The van der Waals surface area contributed by atoms with Gasteiger partial charge in [0.15, 0.2) is 5.96 Å². The van der Waals surface area contributed by atoms with Crippen molar-refractivity contribution in [3.8, 4) is 0 Å². The number of nitrogens with one attached hydrogen (secondary N) is 1. The van der Waals surface area contributed by atoms with Gasteiger partial charge in [0.2, 0.25) is 0 Å². The Hall–Kier alpha value is -2.31. The van der Waals surface area contributed by atoms with Crippen LogP contribution in [0.3, 0.4) is 0 Å². The van der Waals surface area contributed by atoms with Crippen LogP contribution >= 0.6 is 0 Å². The highest BCUT2D eigenvalue weighted by atomic mass is 15.3. The molecule has 0 aliphatic rings. The third-order valence-electron chi connectivity index (χ3n) is 3.92. The summed E-state index contributed by atoms with van der Waals surface area (Å²) in [6, 6.07) is 0. The summed E-state index contributed by atoms with van der Waals surface area (Å²) >= 11 is 0. The zero-order valence-electron chi connectivity index (χ0n) is 15.0. The molecule has 0 atom stereocenters. The second kappa shape index (κ2) is 7.30. The first-order valence-corrected chi connectivity index (χ1v) is 7.88. The van der Waals surface area contributed by atoms with Crippen molar-refractivity contribution in [2.24, 2.45) is 19.1 Å². The minimum Gasteiger partial charge on any atom is -0.357 e. The summed E-state index contributed by atoms with van der Waals surface area (Å²) < 4.78 is 3.72. The van der Waals surface area contributed by atoms with Gasteiger partial charge < -0.3 is 10.2 Å². The molecule has 0 radical (unpaired) electrons. The third kappa shape index (κ3) is 4.12. The van der Waals surface area contributed by atoms with E-state index >= 15 is 0 Å². The maximum Gasteiger partial charge on any atom is 0.194 e. The fourth-order valence-corrected chi connectivity index (χ4v) is 2.57. The van der Waals surface area contributed by atoms with E-state index in [0.717, 1.165) is 36.0 Å². The van der Waals surface area contributed by atoms with Gasteiger partial charge in [-0.15, -0.1) is 0 Å². The zero-order chi connectivity index (χ0) is 17.0. The maximum atomic E-state index is 4.77. The van der Waals surface area contributed by atoms with Gasteiger partial charge in [-0.2, -0.15) is 10.2 Å². The van der Waals surface area contributed by atoms with E-state index < -0.39 is 0 Å².